The number of methoxy groups -OCH3 is 1. The standard InChI is InChI=1S/C7H6BrIO2/c1-11-7-2-4(8)6(10)3-5(7)9/h2-3,10H,1H3. The number of phenols is 1. The summed E-state index contributed by atoms with van der Waals surface area (Å²) in [6, 6.07) is 3.38. The van der Waals surface area contributed by atoms with Crippen LogP contribution in [0.4, 0.5) is 0 Å². The average molecular weight is 329 g/mol. The van der Waals surface area contributed by atoms with Crippen LogP contribution in [0.15, 0.2) is 16.6 Å². The number of phenolic OH excluding ortho intramolecular Hbond substituents is 1. The van der Waals surface area contributed by atoms with E-state index in [-0.39, 0.29) is 5.75 Å². The summed E-state index contributed by atoms with van der Waals surface area (Å²) < 4.78 is 6.57. The van der Waals surface area contributed by atoms with E-state index in [1.807, 2.05) is 0 Å². The van der Waals surface area contributed by atoms with Gasteiger partial charge in [-0.05, 0) is 50.7 Å². The molecule has 1 aromatic carbocycles. The molecule has 0 fully saturated rings. The lowest BCUT2D eigenvalue weighted by atomic mass is 10.3. The summed E-state index contributed by atoms with van der Waals surface area (Å²) in [5, 5.41) is 9.21. The molecule has 0 saturated heterocycles. The van der Waals surface area contributed by atoms with Gasteiger partial charge in [0.25, 0.3) is 0 Å². The third-order valence-corrected chi connectivity index (χ3v) is 2.70. The number of hydrogen-bond donors (Lipinski definition) is 1. The summed E-state index contributed by atoms with van der Waals surface area (Å²) in [4.78, 5) is 0. The van der Waals surface area contributed by atoms with Crippen LogP contribution in [0.25, 0.3) is 0 Å². The molecule has 0 aliphatic rings. The molecule has 0 heterocycles. The molecule has 60 valence electrons. The smallest absolute Gasteiger partial charge is 0.133 e. The van der Waals surface area contributed by atoms with Gasteiger partial charge in [-0.15, -0.1) is 0 Å². The third-order valence-electron chi connectivity index (χ3n) is 1.22. The number of benzene rings is 1. The van der Waals surface area contributed by atoms with Gasteiger partial charge in [0.2, 0.25) is 0 Å². The normalized spacial score (nSPS) is 9.73. The molecule has 0 bridgehead atoms. The first-order valence-corrected chi connectivity index (χ1v) is 4.74. The van der Waals surface area contributed by atoms with E-state index < -0.39 is 0 Å². The largest absolute Gasteiger partial charge is 0.507 e. The number of rotatable bonds is 1. The second kappa shape index (κ2) is 3.62. The Morgan fingerprint density at radius 3 is 2.73 bits per heavy atom. The maximum absolute atomic E-state index is 9.21. The minimum atomic E-state index is 0.232. The molecule has 1 aromatic rings. The van der Waals surface area contributed by atoms with Crippen molar-refractivity contribution in [3.8, 4) is 11.5 Å². The van der Waals surface area contributed by atoms with Crippen molar-refractivity contribution >= 4 is 38.5 Å². The molecule has 0 amide bonds. The van der Waals surface area contributed by atoms with Gasteiger partial charge in [-0.3, -0.25) is 0 Å². The summed E-state index contributed by atoms with van der Waals surface area (Å²) >= 11 is 5.28. The summed E-state index contributed by atoms with van der Waals surface area (Å²) in [6.45, 7) is 0. The maximum Gasteiger partial charge on any atom is 0.133 e. The van der Waals surface area contributed by atoms with Crippen molar-refractivity contribution in [3.05, 3.63) is 20.2 Å². The molecule has 1 rings (SSSR count). The van der Waals surface area contributed by atoms with Crippen molar-refractivity contribution in [1.29, 1.82) is 0 Å². The Hall–Kier alpha value is 0.0300. The zero-order valence-corrected chi connectivity index (χ0v) is 9.51. The molecule has 0 unspecified atom stereocenters. The number of ether oxygens (including phenoxy) is 1. The summed E-state index contributed by atoms with van der Waals surface area (Å²) in [5.41, 5.74) is 0. The van der Waals surface area contributed by atoms with E-state index in [1.165, 1.54) is 0 Å². The predicted octanol–water partition coefficient (Wildman–Crippen LogP) is 2.77. The Labute approximate surface area is 86.8 Å². The zero-order chi connectivity index (χ0) is 8.43. The van der Waals surface area contributed by atoms with Crippen LogP contribution >= 0.6 is 38.5 Å². The van der Waals surface area contributed by atoms with Gasteiger partial charge in [0.15, 0.2) is 0 Å². The van der Waals surface area contributed by atoms with Crippen molar-refractivity contribution in [2.75, 3.05) is 7.11 Å². The van der Waals surface area contributed by atoms with Crippen LogP contribution in [0.1, 0.15) is 0 Å². The molecule has 0 spiro atoms. The van der Waals surface area contributed by atoms with Gasteiger partial charge in [-0.2, -0.15) is 0 Å². The SMILES string of the molecule is COc1cc(Br)c(O)cc1I. The molecule has 2 nitrogen and oxygen atoms in total. The highest BCUT2D eigenvalue weighted by Gasteiger charge is 2.04. The second-order valence-electron chi connectivity index (χ2n) is 1.94. The highest BCUT2D eigenvalue weighted by molar-refractivity contribution is 14.1. The first-order valence-electron chi connectivity index (χ1n) is 2.87. The van der Waals surface area contributed by atoms with Crippen LogP contribution in [0.5, 0.6) is 11.5 Å². The molecule has 0 aliphatic heterocycles. The molecule has 0 radical (unpaired) electrons. The van der Waals surface area contributed by atoms with Crippen LogP contribution in [-0.2, 0) is 0 Å². The number of halogens is 2. The van der Waals surface area contributed by atoms with Crippen LogP contribution in [-0.4, -0.2) is 12.2 Å². The van der Waals surface area contributed by atoms with Crippen molar-refractivity contribution in [3.63, 3.8) is 0 Å². The zero-order valence-electron chi connectivity index (χ0n) is 5.77. The lowest BCUT2D eigenvalue weighted by Gasteiger charge is -2.04. The fourth-order valence-electron chi connectivity index (χ4n) is 0.675. The Balaban J connectivity index is 3.21. The molecule has 0 saturated carbocycles. The van der Waals surface area contributed by atoms with E-state index in [4.69, 9.17) is 4.74 Å². The van der Waals surface area contributed by atoms with E-state index in [0.29, 0.717) is 4.47 Å². The van der Waals surface area contributed by atoms with E-state index in [1.54, 1.807) is 19.2 Å². The molecule has 0 aliphatic carbocycles. The quantitative estimate of drug-likeness (QED) is 0.803. The Morgan fingerprint density at radius 2 is 2.18 bits per heavy atom. The minimum absolute atomic E-state index is 0.232. The first-order chi connectivity index (χ1) is 5.15. The van der Waals surface area contributed by atoms with Crippen LogP contribution in [0.3, 0.4) is 0 Å². The highest BCUT2D eigenvalue weighted by atomic mass is 127. The second-order valence-corrected chi connectivity index (χ2v) is 3.95. The van der Waals surface area contributed by atoms with Gasteiger partial charge in [0, 0.05) is 0 Å². The summed E-state index contributed by atoms with van der Waals surface area (Å²) in [7, 11) is 1.60. The topological polar surface area (TPSA) is 29.5 Å². The van der Waals surface area contributed by atoms with Crippen LogP contribution in [0.2, 0.25) is 0 Å². The van der Waals surface area contributed by atoms with Crippen LogP contribution < -0.4 is 4.74 Å². The average Bonchev–Trinajstić information content (AvgIpc) is 1.97. The number of hydrogen-bond acceptors (Lipinski definition) is 2. The van der Waals surface area contributed by atoms with E-state index >= 15 is 0 Å². The van der Waals surface area contributed by atoms with Crippen molar-refractivity contribution < 1.29 is 9.84 Å². The van der Waals surface area contributed by atoms with Crippen molar-refractivity contribution in [2.45, 2.75) is 0 Å². The fraction of sp³-hybridized carbons (Fsp3) is 0.143. The minimum Gasteiger partial charge on any atom is -0.507 e. The van der Waals surface area contributed by atoms with Crippen molar-refractivity contribution in [2.24, 2.45) is 0 Å². The lowest BCUT2D eigenvalue weighted by Crippen LogP contribution is -1.86. The Kier molecular flexibility index (Phi) is 3.00. The molecule has 11 heavy (non-hydrogen) atoms. The van der Waals surface area contributed by atoms with Gasteiger partial charge < -0.3 is 9.84 Å². The van der Waals surface area contributed by atoms with E-state index in [0.717, 1.165) is 9.32 Å². The molecular weight excluding hydrogens is 323 g/mol. The monoisotopic (exact) mass is 328 g/mol. The van der Waals surface area contributed by atoms with E-state index in [9.17, 15) is 5.11 Å². The summed E-state index contributed by atoms with van der Waals surface area (Å²) in [6.07, 6.45) is 0. The van der Waals surface area contributed by atoms with Gasteiger partial charge >= 0.3 is 0 Å². The van der Waals surface area contributed by atoms with Gasteiger partial charge in [0.05, 0.1) is 15.2 Å². The summed E-state index contributed by atoms with van der Waals surface area (Å²) in [5.74, 6) is 0.991. The Morgan fingerprint density at radius 1 is 1.55 bits per heavy atom. The lowest BCUT2D eigenvalue weighted by molar-refractivity contribution is 0.408. The molecular formula is C7H6BrIO2. The van der Waals surface area contributed by atoms with Gasteiger partial charge in [-0.25, -0.2) is 0 Å². The molecule has 4 heteroatoms. The van der Waals surface area contributed by atoms with Crippen LogP contribution in [0, 0.1) is 3.57 Å². The fourth-order valence-corrected chi connectivity index (χ4v) is 1.67. The maximum atomic E-state index is 9.21. The molecule has 0 atom stereocenters. The van der Waals surface area contributed by atoms with Gasteiger partial charge in [0.1, 0.15) is 11.5 Å². The first kappa shape index (κ1) is 9.12. The predicted molar refractivity (Wildman–Crippen MR) is 55.1 cm³/mol. The van der Waals surface area contributed by atoms with E-state index in [2.05, 4.69) is 38.5 Å². The van der Waals surface area contributed by atoms with Crippen molar-refractivity contribution in [1.82, 2.24) is 0 Å². The Bertz CT molecular complexity index is 275. The third kappa shape index (κ3) is 1.99. The molecule has 0 aromatic heterocycles. The highest BCUT2D eigenvalue weighted by Crippen LogP contribution is 2.32. The number of aromatic hydroxyl groups is 1. The van der Waals surface area contributed by atoms with Gasteiger partial charge in [-0.1, -0.05) is 0 Å². The molecule has 1 N–H and O–H groups in total.